The average molecular weight is 657 g/mol. The van der Waals surface area contributed by atoms with E-state index in [1.54, 1.807) is 4.68 Å². The van der Waals surface area contributed by atoms with Crippen molar-refractivity contribution in [2.45, 2.75) is 64.1 Å². The Labute approximate surface area is 261 Å². The van der Waals surface area contributed by atoms with Crippen molar-refractivity contribution in [3.05, 3.63) is 82.7 Å². The molecule has 2 aliphatic heterocycles. The maximum Gasteiger partial charge on any atom is 0.490 e. The minimum absolute atomic E-state index is 0.0146. The highest BCUT2D eigenvalue weighted by Crippen LogP contribution is 2.40. The van der Waals surface area contributed by atoms with Crippen molar-refractivity contribution in [2.75, 3.05) is 26.2 Å². The number of carbonyl (C=O) groups is 2. The van der Waals surface area contributed by atoms with Gasteiger partial charge in [-0.3, -0.25) is 9.69 Å². The predicted octanol–water partition coefficient (Wildman–Crippen LogP) is 6.59. The van der Waals surface area contributed by atoms with Gasteiger partial charge in [0.25, 0.3) is 0 Å². The van der Waals surface area contributed by atoms with E-state index in [1.165, 1.54) is 18.2 Å². The van der Waals surface area contributed by atoms with E-state index in [-0.39, 0.29) is 23.3 Å². The molecule has 0 radical (unpaired) electrons. The topological polar surface area (TPSA) is 78.7 Å². The lowest BCUT2D eigenvalue weighted by Gasteiger charge is -2.35. The summed E-state index contributed by atoms with van der Waals surface area (Å²) >= 11 is 0. The predicted molar refractivity (Wildman–Crippen MR) is 154 cm³/mol. The number of aryl methyl sites for hydroxylation is 1. The summed E-state index contributed by atoms with van der Waals surface area (Å²) in [5.74, 6) is -6.58. The third-order valence-electron chi connectivity index (χ3n) is 8.42. The number of rotatable bonds is 4. The van der Waals surface area contributed by atoms with Crippen LogP contribution in [0.2, 0.25) is 0 Å². The quantitative estimate of drug-likeness (QED) is 0.321. The molecule has 1 amide bonds. The summed E-state index contributed by atoms with van der Waals surface area (Å²) in [5, 5.41) is 11.6. The van der Waals surface area contributed by atoms with Crippen LogP contribution < -0.4 is 0 Å². The van der Waals surface area contributed by atoms with E-state index in [0.29, 0.717) is 50.3 Å². The largest absolute Gasteiger partial charge is 0.490 e. The average Bonchev–Trinajstić information content (AvgIpc) is 3.59. The molecule has 1 N–H and O–H groups in total. The van der Waals surface area contributed by atoms with Gasteiger partial charge < -0.3 is 10.0 Å². The summed E-state index contributed by atoms with van der Waals surface area (Å²) in [6.07, 6.45) is -3.71. The minimum Gasteiger partial charge on any atom is -0.475 e. The Morgan fingerprint density at radius 1 is 0.870 bits per heavy atom. The highest BCUT2D eigenvalue weighted by molar-refractivity contribution is 5.81. The lowest BCUT2D eigenvalue weighted by molar-refractivity contribution is -0.192. The van der Waals surface area contributed by atoms with Gasteiger partial charge in [0.05, 0.1) is 17.3 Å². The third kappa shape index (κ3) is 7.88. The summed E-state index contributed by atoms with van der Waals surface area (Å²) in [4.78, 5) is 26.8. The van der Waals surface area contributed by atoms with Crippen molar-refractivity contribution in [3.8, 4) is 5.69 Å². The molecule has 46 heavy (non-hydrogen) atoms. The lowest BCUT2D eigenvalue weighted by Crippen LogP contribution is -2.44. The molecule has 0 unspecified atom stereocenters. The Morgan fingerprint density at radius 2 is 1.50 bits per heavy atom. The summed E-state index contributed by atoms with van der Waals surface area (Å²) in [5.41, 5.74) is 2.30. The Balaban J connectivity index is 0.000000617. The van der Waals surface area contributed by atoms with Crippen molar-refractivity contribution in [2.24, 2.45) is 5.92 Å². The second-order valence-corrected chi connectivity index (χ2v) is 12.6. The molecule has 2 aliphatic rings. The number of carboxylic acid groups (broad SMARTS) is 1. The standard InChI is InChI=1S/C30H34F4N4O.C2HF3O2/c1-18-13-28(38(35-18)21-6-8-25(32)27(34)15-21)19-9-11-36(12-10-19)29(39)24-17-37(30(2,3)4)16-23(24)22-7-5-20(31)14-26(22)33;3-2(4,5)1(6)7/h5-8,13-15,19,23-24H,9-12,16-17H2,1-4H3;(H,6,7)/t23-,24+;/m0./s1. The highest BCUT2D eigenvalue weighted by atomic mass is 19.4. The van der Waals surface area contributed by atoms with Crippen LogP contribution in [0.4, 0.5) is 30.7 Å². The number of hydrogen-bond donors (Lipinski definition) is 1. The molecule has 2 aromatic carbocycles. The van der Waals surface area contributed by atoms with Gasteiger partial charge in [0.2, 0.25) is 5.91 Å². The van der Waals surface area contributed by atoms with Gasteiger partial charge in [-0.25, -0.2) is 27.0 Å². The molecule has 0 bridgehead atoms. The fraction of sp³-hybridized carbons (Fsp3) is 0.469. The number of benzene rings is 2. The van der Waals surface area contributed by atoms with Crippen molar-refractivity contribution in [1.82, 2.24) is 19.6 Å². The Bertz CT molecular complexity index is 1580. The molecule has 3 aromatic rings. The number of likely N-dealkylation sites (tertiary alicyclic amines) is 2. The third-order valence-corrected chi connectivity index (χ3v) is 8.42. The van der Waals surface area contributed by atoms with Gasteiger partial charge in [-0.1, -0.05) is 6.07 Å². The van der Waals surface area contributed by atoms with Crippen LogP contribution in [0.1, 0.15) is 62.4 Å². The second kappa shape index (κ2) is 13.4. The zero-order valence-electron chi connectivity index (χ0n) is 25.7. The van der Waals surface area contributed by atoms with E-state index in [1.807, 2.05) is 17.9 Å². The first-order valence-electron chi connectivity index (χ1n) is 14.7. The van der Waals surface area contributed by atoms with Gasteiger partial charge in [0.1, 0.15) is 11.6 Å². The van der Waals surface area contributed by atoms with Crippen molar-refractivity contribution in [1.29, 1.82) is 0 Å². The molecule has 2 fully saturated rings. The number of piperidine rings is 1. The second-order valence-electron chi connectivity index (χ2n) is 12.6. The number of aromatic nitrogens is 2. The monoisotopic (exact) mass is 656 g/mol. The van der Waals surface area contributed by atoms with E-state index in [4.69, 9.17) is 9.90 Å². The molecule has 0 saturated carbocycles. The molecule has 2 atom stereocenters. The first kappa shape index (κ1) is 34.9. The maximum absolute atomic E-state index is 14.8. The molecule has 250 valence electrons. The summed E-state index contributed by atoms with van der Waals surface area (Å²) in [6.45, 7) is 10.1. The van der Waals surface area contributed by atoms with Crippen LogP contribution in [0.15, 0.2) is 42.5 Å². The number of alkyl halides is 3. The van der Waals surface area contributed by atoms with Gasteiger partial charge in [-0.05, 0) is 70.4 Å². The summed E-state index contributed by atoms with van der Waals surface area (Å²) < 4.78 is 89.3. The first-order chi connectivity index (χ1) is 21.4. The van der Waals surface area contributed by atoms with Gasteiger partial charge >= 0.3 is 12.1 Å². The van der Waals surface area contributed by atoms with Crippen LogP contribution in [0.25, 0.3) is 5.69 Å². The van der Waals surface area contributed by atoms with Gasteiger partial charge in [0, 0.05) is 61.4 Å². The molecular formula is C32H35F7N4O3. The summed E-state index contributed by atoms with van der Waals surface area (Å²) in [6, 6.07) is 9.30. The maximum atomic E-state index is 14.8. The Hall–Kier alpha value is -3.94. The van der Waals surface area contributed by atoms with E-state index in [0.717, 1.165) is 29.6 Å². The normalized spacial score (nSPS) is 19.6. The number of carbonyl (C=O) groups excluding carboxylic acids is 1. The molecule has 1 aromatic heterocycles. The van der Waals surface area contributed by atoms with Crippen LogP contribution >= 0.6 is 0 Å². The van der Waals surface area contributed by atoms with Gasteiger partial charge in [-0.2, -0.15) is 18.3 Å². The lowest BCUT2D eigenvalue weighted by atomic mass is 9.86. The molecule has 0 aliphatic carbocycles. The molecule has 5 rings (SSSR count). The molecule has 2 saturated heterocycles. The van der Waals surface area contributed by atoms with Crippen LogP contribution in [0.5, 0.6) is 0 Å². The van der Waals surface area contributed by atoms with Crippen LogP contribution in [0, 0.1) is 36.1 Å². The van der Waals surface area contributed by atoms with Crippen LogP contribution in [0.3, 0.4) is 0 Å². The molecule has 3 heterocycles. The van der Waals surface area contributed by atoms with E-state index >= 15 is 0 Å². The molecule has 0 spiro atoms. The van der Waals surface area contributed by atoms with E-state index < -0.39 is 41.3 Å². The highest BCUT2D eigenvalue weighted by Gasteiger charge is 2.45. The molecule has 7 nitrogen and oxygen atoms in total. The Morgan fingerprint density at radius 3 is 2.04 bits per heavy atom. The zero-order chi connectivity index (χ0) is 34.1. The number of amides is 1. The number of hydrogen-bond acceptors (Lipinski definition) is 4. The zero-order valence-corrected chi connectivity index (χ0v) is 25.7. The smallest absolute Gasteiger partial charge is 0.475 e. The number of carboxylic acids is 1. The van der Waals surface area contributed by atoms with Crippen LogP contribution in [-0.2, 0) is 9.59 Å². The van der Waals surface area contributed by atoms with E-state index in [9.17, 15) is 35.5 Å². The van der Waals surface area contributed by atoms with Crippen molar-refractivity contribution >= 4 is 11.9 Å². The van der Waals surface area contributed by atoms with Crippen molar-refractivity contribution in [3.63, 3.8) is 0 Å². The molecular weight excluding hydrogens is 621 g/mol. The minimum atomic E-state index is -5.08. The molecule has 14 heteroatoms. The van der Waals surface area contributed by atoms with Crippen LogP contribution in [-0.4, -0.2) is 74.5 Å². The summed E-state index contributed by atoms with van der Waals surface area (Å²) in [7, 11) is 0. The fourth-order valence-electron chi connectivity index (χ4n) is 5.98. The first-order valence-corrected chi connectivity index (χ1v) is 14.7. The SMILES string of the molecule is Cc1cc(C2CCN(C(=O)[C@@H]3CN(C(C)(C)C)C[C@H]3c3ccc(F)cc3F)CC2)n(-c2ccc(F)c(F)c2)n1.O=C(O)C(F)(F)F. The number of halogens is 7. The van der Waals surface area contributed by atoms with Gasteiger partial charge in [-0.15, -0.1) is 0 Å². The fourth-order valence-corrected chi connectivity index (χ4v) is 5.98. The number of nitrogens with zero attached hydrogens (tertiary/aromatic N) is 4. The van der Waals surface area contributed by atoms with Crippen molar-refractivity contribution < 1.29 is 45.4 Å². The number of aliphatic carboxylic acids is 1. The van der Waals surface area contributed by atoms with E-state index in [2.05, 4.69) is 30.8 Å². The Kier molecular flexibility index (Phi) is 10.2. The van der Waals surface area contributed by atoms with Gasteiger partial charge in [0.15, 0.2) is 11.6 Å².